The fourth-order valence-electron chi connectivity index (χ4n) is 3.33. The zero-order valence-corrected chi connectivity index (χ0v) is 16.1. The van der Waals surface area contributed by atoms with Crippen LogP contribution in [0.3, 0.4) is 0 Å². The monoisotopic (exact) mass is 387 g/mol. The van der Waals surface area contributed by atoms with Crippen LogP contribution >= 0.6 is 11.8 Å². The maximum Gasteiger partial charge on any atom is 0.257 e. The molecule has 7 nitrogen and oxygen atoms in total. The Balaban J connectivity index is 1.52. The molecule has 2 aliphatic rings. The fourth-order valence-corrected chi connectivity index (χ4v) is 4.45. The van der Waals surface area contributed by atoms with Gasteiger partial charge in [0.15, 0.2) is 16.7 Å². The summed E-state index contributed by atoms with van der Waals surface area (Å²) in [6, 6.07) is 5.35. The number of nitrogens with one attached hydrogen (secondary N) is 1. The van der Waals surface area contributed by atoms with Crippen LogP contribution in [0, 0.1) is 12.8 Å². The van der Waals surface area contributed by atoms with Crippen LogP contribution in [0.15, 0.2) is 28.2 Å². The van der Waals surface area contributed by atoms with Gasteiger partial charge in [-0.1, -0.05) is 18.7 Å². The van der Waals surface area contributed by atoms with Crippen molar-refractivity contribution in [1.82, 2.24) is 9.55 Å². The number of hydrogen-bond donors (Lipinski definition) is 1. The van der Waals surface area contributed by atoms with E-state index in [2.05, 4.69) is 10.3 Å². The molecule has 1 unspecified atom stereocenters. The Morgan fingerprint density at radius 2 is 2.11 bits per heavy atom. The Labute approximate surface area is 161 Å². The number of anilines is 1. The van der Waals surface area contributed by atoms with Gasteiger partial charge in [0.05, 0.1) is 5.92 Å². The van der Waals surface area contributed by atoms with Crippen molar-refractivity contribution in [3.05, 3.63) is 39.8 Å². The minimum absolute atomic E-state index is 0.0377. The van der Waals surface area contributed by atoms with Gasteiger partial charge in [0, 0.05) is 35.3 Å². The molecule has 1 N–H and O–H groups in total. The maximum absolute atomic E-state index is 12.7. The first-order chi connectivity index (χ1) is 13.1. The van der Waals surface area contributed by atoms with E-state index in [9.17, 15) is 9.59 Å². The zero-order valence-electron chi connectivity index (χ0n) is 15.3. The van der Waals surface area contributed by atoms with Gasteiger partial charge in [-0.25, -0.2) is 4.98 Å². The highest BCUT2D eigenvalue weighted by atomic mass is 32.2. The SMILES string of the molecule is CCc1c(C)nc2n(c1=O)CC(C(=O)Nc1ccc3c(c1)OCCO3)CS2. The Morgan fingerprint density at radius 3 is 2.89 bits per heavy atom. The van der Waals surface area contributed by atoms with Crippen molar-refractivity contribution in [1.29, 1.82) is 0 Å². The van der Waals surface area contributed by atoms with E-state index in [1.165, 1.54) is 11.8 Å². The Kier molecular flexibility index (Phi) is 4.82. The minimum Gasteiger partial charge on any atom is -0.486 e. The van der Waals surface area contributed by atoms with Gasteiger partial charge in [0.25, 0.3) is 5.56 Å². The highest BCUT2D eigenvalue weighted by Gasteiger charge is 2.28. The molecule has 1 aromatic heterocycles. The number of rotatable bonds is 3. The number of amides is 1. The van der Waals surface area contributed by atoms with Gasteiger partial charge >= 0.3 is 0 Å². The van der Waals surface area contributed by atoms with Crippen molar-refractivity contribution >= 4 is 23.4 Å². The third kappa shape index (κ3) is 3.41. The first-order valence-corrected chi connectivity index (χ1v) is 9.99. The number of aromatic nitrogens is 2. The van der Waals surface area contributed by atoms with Gasteiger partial charge in [-0.3, -0.25) is 14.2 Å². The average Bonchev–Trinajstić information content (AvgIpc) is 2.68. The summed E-state index contributed by atoms with van der Waals surface area (Å²) < 4.78 is 12.7. The standard InChI is InChI=1S/C19H21N3O4S/c1-3-14-11(2)20-19-22(18(14)24)9-12(10-27-19)17(23)21-13-4-5-15-16(8-13)26-7-6-25-15/h4-5,8,12H,3,6-7,9-10H2,1-2H3,(H,21,23). The second kappa shape index (κ2) is 7.26. The third-order valence-electron chi connectivity index (χ3n) is 4.78. The minimum atomic E-state index is -0.303. The van der Waals surface area contributed by atoms with Gasteiger partial charge in [-0.05, 0) is 25.5 Å². The molecule has 2 aromatic rings. The quantitative estimate of drug-likeness (QED) is 0.814. The van der Waals surface area contributed by atoms with E-state index < -0.39 is 0 Å². The van der Waals surface area contributed by atoms with Crippen molar-refractivity contribution in [2.75, 3.05) is 24.3 Å². The molecule has 0 aliphatic carbocycles. The molecule has 8 heteroatoms. The normalized spacial score (nSPS) is 17.9. The number of fused-ring (bicyclic) bond motifs is 2. The second-order valence-electron chi connectivity index (χ2n) is 6.58. The van der Waals surface area contributed by atoms with Gasteiger partial charge in [0.1, 0.15) is 13.2 Å². The second-order valence-corrected chi connectivity index (χ2v) is 7.57. The first kappa shape index (κ1) is 17.9. The molecule has 0 saturated heterocycles. The molecule has 3 heterocycles. The average molecular weight is 387 g/mol. The number of benzene rings is 1. The van der Waals surface area contributed by atoms with Gasteiger partial charge in [-0.15, -0.1) is 0 Å². The molecule has 142 valence electrons. The number of aryl methyl sites for hydroxylation is 1. The van der Waals surface area contributed by atoms with Crippen LogP contribution in [-0.2, 0) is 17.8 Å². The molecule has 27 heavy (non-hydrogen) atoms. The topological polar surface area (TPSA) is 82.5 Å². The zero-order chi connectivity index (χ0) is 19.0. The van der Waals surface area contributed by atoms with E-state index in [0.29, 0.717) is 59.8 Å². The van der Waals surface area contributed by atoms with Gasteiger partial charge in [-0.2, -0.15) is 0 Å². The number of ether oxygens (including phenoxy) is 2. The van der Waals surface area contributed by atoms with Gasteiger partial charge in [0.2, 0.25) is 5.91 Å². The van der Waals surface area contributed by atoms with Crippen LogP contribution in [0.25, 0.3) is 0 Å². The highest BCUT2D eigenvalue weighted by molar-refractivity contribution is 7.99. The van der Waals surface area contributed by atoms with Crippen LogP contribution in [-0.4, -0.2) is 34.4 Å². The molecule has 1 aromatic carbocycles. The number of thioether (sulfide) groups is 1. The predicted molar refractivity (Wildman–Crippen MR) is 103 cm³/mol. The van der Waals surface area contributed by atoms with E-state index in [4.69, 9.17) is 9.47 Å². The smallest absolute Gasteiger partial charge is 0.257 e. The molecular formula is C19H21N3O4S. The summed E-state index contributed by atoms with van der Waals surface area (Å²) in [5, 5.41) is 3.62. The Morgan fingerprint density at radius 1 is 1.33 bits per heavy atom. The van der Waals surface area contributed by atoms with Crippen LogP contribution in [0.5, 0.6) is 11.5 Å². The molecule has 0 fully saturated rings. The van der Waals surface area contributed by atoms with Crippen molar-refractivity contribution in [3.63, 3.8) is 0 Å². The maximum atomic E-state index is 12.7. The van der Waals surface area contributed by atoms with Gasteiger partial charge < -0.3 is 14.8 Å². The number of hydrogen-bond acceptors (Lipinski definition) is 6. The lowest BCUT2D eigenvalue weighted by molar-refractivity contribution is -0.119. The third-order valence-corrected chi connectivity index (χ3v) is 5.92. The molecule has 0 radical (unpaired) electrons. The van der Waals surface area contributed by atoms with E-state index in [0.717, 1.165) is 5.69 Å². The summed E-state index contributed by atoms with van der Waals surface area (Å²) in [5.74, 6) is 1.48. The van der Waals surface area contributed by atoms with E-state index in [1.54, 1.807) is 22.8 Å². The number of carbonyl (C=O) groups is 1. The molecule has 1 atom stereocenters. The highest BCUT2D eigenvalue weighted by Crippen LogP contribution is 2.33. The predicted octanol–water partition coefficient (Wildman–Crippen LogP) is 2.25. The summed E-state index contributed by atoms with van der Waals surface area (Å²) >= 11 is 1.45. The Hall–Kier alpha value is -2.48. The van der Waals surface area contributed by atoms with Crippen molar-refractivity contribution in [2.45, 2.75) is 32.0 Å². The van der Waals surface area contributed by atoms with Crippen molar-refractivity contribution in [2.24, 2.45) is 5.92 Å². The molecule has 0 bridgehead atoms. The molecular weight excluding hydrogens is 366 g/mol. The van der Waals surface area contributed by atoms with E-state index in [-0.39, 0.29) is 17.4 Å². The largest absolute Gasteiger partial charge is 0.486 e. The van der Waals surface area contributed by atoms with E-state index >= 15 is 0 Å². The van der Waals surface area contributed by atoms with Crippen molar-refractivity contribution in [3.8, 4) is 11.5 Å². The fraction of sp³-hybridized carbons (Fsp3) is 0.421. The summed E-state index contributed by atoms with van der Waals surface area (Å²) in [4.78, 5) is 30.0. The van der Waals surface area contributed by atoms with Crippen molar-refractivity contribution < 1.29 is 14.3 Å². The molecule has 2 aliphatic heterocycles. The lowest BCUT2D eigenvalue weighted by atomic mass is 10.1. The molecule has 0 spiro atoms. The summed E-state index contributed by atoms with van der Waals surface area (Å²) in [6.45, 7) is 5.18. The number of carbonyl (C=O) groups excluding carboxylic acids is 1. The van der Waals surface area contributed by atoms with Crippen LogP contribution in [0.1, 0.15) is 18.2 Å². The summed E-state index contributed by atoms with van der Waals surface area (Å²) in [7, 11) is 0. The lowest BCUT2D eigenvalue weighted by Gasteiger charge is -2.25. The van der Waals surface area contributed by atoms with Crippen LogP contribution < -0.4 is 20.3 Å². The summed E-state index contributed by atoms with van der Waals surface area (Å²) in [6.07, 6.45) is 0.636. The first-order valence-electron chi connectivity index (χ1n) is 9.00. The summed E-state index contributed by atoms with van der Waals surface area (Å²) in [5.41, 5.74) is 2.11. The van der Waals surface area contributed by atoms with Crippen LogP contribution in [0.4, 0.5) is 5.69 Å². The Bertz CT molecular complexity index is 957. The van der Waals surface area contributed by atoms with Crippen LogP contribution in [0.2, 0.25) is 0 Å². The molecule has 0 saturated carbocycles. The molecule has 1 amide bonds. The number of nitrogens with zero attached hydrogens (tertiary/aromatic N) is 2. The molecule has 4 rings (SSSR count). The van der Waals surface area contributed by atoms with E-state index in [1.807, 2.05) is 13.8 Å². The lowest BCUT2D eigenvalue weighted by Crippen LogP contribution is -2.38.